The Hall–Kier alpha value is -2.44. The van der Waals surface area contributed by atoms with Gasteiger partial charge in [0.2, 0.25) is 0 Å². The van der Waals surface area contributed by atoms with E-state index in [4.69, 9.17) is 28.8 Å². The molecule has 1 aromatic carbocycles. The van der Waals surface area contributed by atoms with Crippen LogP contribution in [-0.4, -0.2) is 19.1 Å². The van der Waals surface area contributed by atoms with Crippen LogP contribution in [-0.2, 0) is 14.1 Å². The molecule has 2 heterocycles. The zero-order valence-electron chi connectivity index (χ0n) is 14.6. The van der Waals surface area contributed by atoms with Crippen LogP contribution in [0.25, 0.3) is 12.2 Å². The SMILES string of the molecule is Cc1nc2c(n1C)C=Cc1cc(Cl)ccc1[C@H]2c1cn(C)c(=O)[nH]c1=S. The second-order valence-electron chi connectivity index (χ2n) is 6.48. The number of hydrogen-bond acceptors (Lipinski definition) is 3. The minimum Gasteiger partial charge on any atom is -0.332 e. The number of nitrogens with one attached hydrogen (secondary N) is 1. The molecule has 0 fully saturated rings. The van der Waals surface area contributed by atoms with Crippen molar-refractivity contribution in [2.45, 2.75) is 12.8 Å². The van der Waals surface area contributed by atoms with E-state index in [2.05, 4.69) is 21.7 Å². The summed E-state index contributed by atoms with van der Waals surface area (Å²) >= 11 is 11.7. The van der Waals surface area contributed by atoms with Gasteiger partial charge in [-0.15, -0.1) is 0 Å². The average Bonchev–Trinajstić information content (AvgIpc) is 2.77. The van der Waals surface area contributed by atoms with Gasteiger partial charge in [0.1, 0.15) is 10.5 Å². The molecule has 0 amide bonds. The summed E-state index contributed by atoms with van der Waals surface area (Å²) in [5, 5.41) is 0.674. The number of nitrogens with zero attached hydrogens (tertiary/aromatic N) is 3. The molecule has 0 bridgehead atoms. The summed E-state index contributed by atoms with van der Waals surface area (Å²) < 4.78 is 3.99. The number of imidazole rings is 1. The zero-order valence-corrected chi connectivity index (χ0v) is 16.1. The monoisotopic (exact) mass is 384 g/mol. The number of aromatic nitrogens is 4. The Labute approximate surface area is 160 Å². The molecule has 1 atom stereocenters. The van der Waals surface area contributed by atoms with Crippen molar-refractivity contribution in [3.05, 3.63) is 78.4 Å². The van der Waals surface area contributed by atoms with Crippen molar-refractivity contribution < 1.29 is 0 Å². The highest BCUT2D eigenvalue weighted by molar-refractivity contribution is 7.71. The van der Waals surface area contributed by atoms with Crippen LogP contribution in [0, 0.1) is 11.6 Å². The van der Waals surface area contributed by atoms with Gasteiger partial charge in [0, 0.05) is 30.9 Å². The number of hydrogen-bond donors (Lipinski definition) is 1. The molecular weight excluding hydrogens is 368 g/mol. The predicted octanol–water partition coefficient (Wildman–Crippen LogP) is 3.80. The first-order valence-corrected chi connectivity index (χ1v) is 8.96. The van der Waals surface area contributed by atoms with Crippen molar-refractivity contribution in [2.24, 2.45) is 14.1 Å². The Morgan fingerprint density at radius 3 is 2.77 bits per heavy atom. The van der Waals surface area contributed by atoms with E-state index in [-0.39, 0.29) is 11.6 Å². The van der Waals surface area contributed by atoms with Gasteiger partial charge in [0.25, 0.3) is 0 Å². The summed E-state index contributed by atoms with van der Waals surface area (Å²) in [5.41, 5.74) is 4.61. The normalized spacial score (nSPS) is 15.5. The maximum atomic E-state index is 11.9. The Morgan fingerprint density at radius 1 is 1.23 bits per heavy atom. The lowest BCUT2D eigenvalue weighted by Crippen LogP contribution is -2.22. The van der Waals surface area contributed by atoms with Crippen molar-refractivity contribution in [3.8, 4) is 0 Å². The van der Waals surface area contributed by atoms with E-state index < -0.39 is 0 Å². The topological polar surface area (TPSA) is 55.6 Å². The summed E-state index contributed by atoms with van der Waals surface area (Å²) in [6.45, 7) is 1.98. The molecule has 0 unspecified atom stereocenters. The molecule has 2 aromatic heterocycles. The van der Waals surface area contributed by atoms with E-state index in [0.717, 1.165) is 33.9 Å². The molecule has 1 N–H and O–H groups in total. The molecule has 0 saturated carbocycles. The molecule has 0 radical (unpaired) electrons. The number of aryl methyl sites for hydroxylation is 2. The van der Waals surface area contributed by atoms with Crippen molar-refractivity contribution in [1.82, 2.24) is 19.1 Å². The van der Waals surface area contributed by atoms with E-state index in [1.54, 1.807) is 13.2 Å². The summed E-state index contributed by atoms with van der Waals surface area (Å²) in [4.78, 5) is 19.5. The van der Waals surface area contributed by atoms with E-state index >= 15 is 0 Å². The number of halogens is 1. The fraction of sp³-hybridized carbons (Fsp3) is 0.211. The van der Waals surface area contributed by atoms with Gasteiger partial charge in [-0.3, -0.25) is 4.98 Å². The molecule has 132 valence electrons. The third kappa shape index (κ3) is 2.57. The first-order valence-electron chi connectivity index (χ1n) is 8.17. The van der Waals surface area contributed by atoms with Crippen LogP contribution >= 0.6 is 23.8 Å². The first kappa shape index (κ1) is 17.0. The predicted molar refractivity (Wildman–Crippen MR) is 106 cm³/mol. The maximum Gasteiger partial charge on any atom is 0.326 e. The quantitative estimate of drug-likeness (QED) is 0.508. The van der Waals surface area contributed by atoms with E-state index in [9.17, 15) is 4.79 Å². The molecule has 5 nitrogen and oxygen atoms in total. The molecule has 7 heteroatoms. The van der Waals surface area contributed by atoms with Gasteiger partial charge in [-0.1, -0.05) is 36.0 Å². The highest BCUT2D eigenvalue weighted by Crippen LogP contribution is 2.39. The fourth-order valence-electron chi connectivity index (χ4n) is 3.44. The molecular formula is C19H17ClN4OS. The lowest BCUT2D eigenvalue weighted by molar-refractivity contribution is 0.769. The lowest BCUT2D eigenvalue weighted by atomic mass is 9.87. The van der Waals surface area contributed by atoms with Crippen molar-refractivity contribution in [1.29, 1.82) is 0 Å². The van der Waals surface area contributed by atoms with Crippen LogP contribution < -0.4 is 5.69 Å². The molecule has 3 aromatic rings. The number of H-pyrrole nitrogens is 1. The average molecular weight is 385 g/mol. The number of benzene rings is 1. The molecule has 0 aliphatic heterocycles. The van der Waals surface area contributed by atoms with Gasteiger partial charge < -0.3 is 9.13 Å². The molecule has 1 aliphatic rings. The summed E-state index contributed by atoms with van der Waals surface area (Å²) in [6, 6.07) is 5.82. The van der Waals surface area contributed by atoms with Gasteiger partial charge in [-0.2, -0.15) is 0 Å². The van der Waals surface area contributed by atoms with E-state index in [1.165, 1.54) is 4.57 Å². The highest BCUT2D eigenvalue weighted by Gasteiger charge is 2.29. The largest absolute Gasteiger partial charge is 0.332 e. The minimum absolute atomic E-state index is 0.192. The van der Waals surface area contributed by atoms with Crippen LogP contribution in [0.2, 0.25) is 5.02 Å². The lowest BCUT2D eigenvalue weighted by Gasteiger charge is -2.19. The van der Waals surface area contributed by atoms with Crippen molar-refractivity contribution in [2.75, 3.05) is 0 Å². The minimum atomic E-state index is -0.237. The summed E-state index contributed by atoms with van der Waals surface area (Å²) in [5.74, 6) is 0.726. The molecule has 0 saturated heterocycles. The molecule has 4 rings (SSSR count). The van der Waals surface area contributed by atoms with Crippen LogP contribution in [0.5, 0.6) is 0 Å². The molecule has 0 spiro atoms. The first-order chi connectivity index (χ1) is 12.4. The standard InChI is InChI=1S/C19H17ClN4OS/c1-10-21-17-15(24(10)3)7-4-11-8-12(20)5-6-13(11)16(17)14-9-23(2)19(25)22-18(14)26/h4-9,16H,1-3H3,(H,22,25,26)/t16-/m0/s1. The molecule has 1 aliphatic carbocycles. The van der Waals surface area contributed by atoms with Crippen molar-refractivity contribution in [3.63, 3.8) is 0 Å². The van der Waals surface area contributed by atoms with Crippen LogP contribution in [0.4, 0.5) is 0 Å². The number of fused-ring (bicyclic) bond motifs is 2. The Kier molecular flexibility index (Phi) is 3.97. The smallest absolute Gasteiger partial charge is 0.326 e. The van der Waals surface area contributed by atoms with E-state index in [0.29, 0.717) is 9.66 Å². The highest BCUT2D eigenvalue weighted by atomic mass is 35.5. The summed E-state index contributed by atoms with van der Waals surface area (Å²) in [6.07, 6.45) is 5.90. The van der Waals surface area contributed by atoms with Crippen LogP contribution in [0.1, 0.15) is 39.8 Å². The van der Waals surface area contributed by atoms with Gasteiger partial charge >= 0.3 is 5.69 Å². The zero-order chi connectivity index (χ0) is 18.6. The van der Waals surface area contributed by atoms with Gasteiger partial charge in [0.05, 0.1) is 17.3 Å². The maximum absolute atomic E-state index is 11.9. The Bertz CT molecular complexity index is 1190. The third-order valence-corrected chi connectivity index (χ3v) is 5.47. The second kappa shape index (κ2) is 6.07. The van der Waals surface area contributed by atoms with E-state index in [1.807, 2.05) is 32.2 Å². The molecule has 26 heavy (non-hydrogen) atoms. The van der Waals surface area contributed by atoms with Gasteiger partial charge in [0.15, 0.2) is 0 Å². The number of aromatic amines is 1. The van der Waals surface area contributed by atoms with Crippen LogP contribution in [0.15, 0.2) is 29.2 Å². The second-order valence-corrected chi connectivity index (χ2v) is 7.33. The van der Waals surface area contributed by atoms with Crippen molar-refractivity contribution >= 4 is 36.0 Å². The third-order valence-electron chi connectivity index (χ3n) is 4.89. The Morgan fingerprint density at radius 2 is 2.00 bits per heavy atom. The number of rotatable bonds is 1. The summed E-state index contributed by atoms with van der Waals surface area (Å²) in [7, 11) is 3.70. The van der Waals surface area contributed by atoms with Gasteiger partial charge in [-0.05, 0) is 36.3 Å². The Balaban J connectivity index is 2.10. The fourth-order valence-corrected chi connectivity index (χ4v) is 3.87. The van der Waals surface area contributed by atoms with Gasteiger partial charge in [-0.25, -0.2) is 9.78 Å². The van der Waals surface area contributed by atoms with Crippen LogP contribution in [0.3, 0.4) is 0 Å².